The second kappa shape index (κ2) is 10.4. The maximum atomic E-state index is 13.3. The fourth-order valence-corrected chi connectivity index (χ4v) is 4.00. The van der Waals surface area contributed by atoms with Gasteiger partial charge in [-0.1, -0.05) is 35.9 Å². The molecule has 1 aliphatic rings. The molecule has 2 heterocycles. The van der Waals surface area contributed by atoms with Crippen molar-refractivity contribution in [1.82, 2.24) is 9.88 Å². The van der Waals surface area contributed by atoms with Gasteiger partial charge < -0.3 is 19.4 Å². The molecular formula is C28H25ClN2O6. The van der Waals surface area contributed by atoms with Gasteiger partial charge in [0.05, 0.1) is 11.3 Å². The van der Waals surface area contributed by atoms with Crippen molar-refractivity contribution in [3.8, 4) is 0 Å². The van der Waals surface area contributed by atoms with Gasteiger partial charge in [0.2, 0.25) is 0 Å². The molecule has 0 bridgehead atoms. The van der Waals surface area contributed by atoms with E-state index in [1.807, 2.05) is 22.8 Å². The van der Waals surface area contributed by atoms with Gasteiger partial charge in [-0.15, -0.1) is 0 Å². The van der Waals surface area contributed by atoms with Crippen molar-refractivity contribution in [2.75, 3.05) is 6.61 Å². The quantitative estimate of drug-likeness (QED) is 0.214. The molecule has 2 aromatic carbocycles. The number of carbonyl (C=O) groups excluding carboxylic acids is 4. The Balaban J connectivity index is 1.75. The van der Waals surface area contributed by atoms with Crippen molar-refractivity contribution < 1.29 is 28.7 Å². The van der Waals surface area contributed by atoms with Crippen molar-refractivity contribution in [3.63, 3.8) is 0 Å². The van der Waals surface area contributed by atoms with Crippen LogP contribution in [0.1, 0.15) is 42.3 Å². The highest BCUT2D eigenvalue weighted by Gasteiger charge is 2.25. The van der Waals surface area contributed by atoms with E-state index in [4.69, 9.17) is 21.1 Å². The number of halogens is 1. The zero-order valence-electron chi connectivity index (χ0n) is 20.5. The third-order valence-corrected chi connectivity index (χ3v) is 5.65. The molecule has 0 saturated heterocycles. The summed E-state index contributed by atoms with van der Waals surface area (Å²) in [6.45, 7) is 5.60. The lowest BCUT2D eigenvalue weighted by Crippen LogP contribution is -2.31. The third-order valence-electron chi connectivity index (χ3n) is 5.40. The lowest BCUT2D eigenvalue weighted by molar-refractivity contribution is -0.148. The van der Waals surface area contributed by atoms with Crippen LogP contribution in [-0.4, -0.2) is 40.4 Å². The van der Waals surface area contributed by atoms with Gasteiger partial charge in [0.25, 0.3) is 11.7 Å². The number of rotatable bonds is 7. The molecule has 0 fully saturated rings. The van der Waals surface area contributed by atoms with Crippen LogP contribution in [0.3, 0.4) is 0 Å². The highest BCUT2D eigenvalue weighted by molar-refractivity contribution is 6.45. The molecule has 190 valence electrons. The summed E-state index contributed by atoms with van der Waals surface area (Å²) in [5.74, 6) is -2.82. The summed E-state index contributed by atoms with van der Waals surface area (Å²) in [7, 11) is 0. The molecule has 1 amide bonds. The van der Waals surface area contributed by atoms with E-state index in [0.717, 1.165) is 11.6 Å². The SMILES string of the molecule is CC(C)(C)OC(=O)/C=C/c1cccc2c1c(C(=O)C(=O)NC1=CC(=O)OC1)cn2Cc1ccc(Cl)cc1. The molecule has 3 aromatic rings. The lowest BCUT2D eigenvalue weighted by atomic mass is 10.0. The second-order valence-corrected chi connectivity index (χ2v) is 9.90. The van der Waals surface area contributed by atoms with Gasteiger partial charge in [0, 0.05) is 40.8 Å². The first-order valence-electron chi connectivity index (χ1n) is 11.5. The summed E-state index contributed by atoms with van der Waals surface area (Å²) in [4.78, 5) is 49.7. The first kappa shape index (κ1) is 25.9. The summed E-state index contributed by atoms with van der Waals surface area (Å²) in [6, 6.07) is 12.7. The number of esters is 2. The number of amides is 1. The molecule has 0 unspecified atom stereocenters. The molecule has 0 saturated carbocycles. The summed E-state index contributed by atoms with van der Waals surface area (Å²) in [5, 5.41) is 3.55. The zero-order valence-corrected chi connectivity index (χ0v) is 21.3. The topological polar surface area (TPSA) is 104 Å². The van der Waals surface area contributed by atoms with Gasteiger partial charge in [-0.3, -0.25) is 9.59 Å². The minimum absolute atomic E-state index is 0.111. The second-order valence-electron chi connectivity index (χ2n) is 9.47. The number of ether oxygens (including phenoxy) is 2. The molecule has 1 aromatic heterocycles. The molecule has 0 atom stereocenters. The van der Waals surface area contributed by atoms with Crippen molar-refractivity contribution >= 4 is 52.2 Å². The van der Waals surface area contributed by atoms with Crippen LogP contribution in [0.15, 0.2) is 66.5 Å². The zero-order chi connectivity index (χ0) is 26.7. The first-order chi connectivity index (χ1) is 17.5. The van der Waals surface area contributed by atoms with Crippen LogP contribution in [0.2, 0.25) is 5.02 Å². The van der Waals surface area contributed by atoms with Crippen LogP contribution in [-0.2, 0) is 30.4 Å². The van der Waals surface area contributed by atoms with E-state index in [9.17, 15) is 19.2 Å². The monoisotopic (exact) mass is 520 g/mol. The first-order valence-corrected chi connectivity index (χ1v) is 11.9. The lowest BCUT2D eigenvalue weighted by Gasteiger charge is -2.17. The minimum Gasteiger partial charge on any atom is -0.457 e. The van der Waals surface area contributed by atoms with Crippen molar-refractivity contribution in [2.45, 2.75) is 32.9 Å². The largest absolute Gasteiger partial charge is 0.457 e. The molecule has 0 aliphatic carbocycles. The highest BCUT2D eigenvalue weighted by Crippen LogP contribution is 2.28. The van der Waals surface area contributed by atoms with Crippen molar-refractivity contribution in [3.05, 3.63) is 88.2 Å². The summed E-state index contributed by atoms with van der Waals surface area (Å²) >= 11 is 6.01. The smallest absolute Gasteiger partial charge is 0.333 e. The van der Waals surface area contributed by atoms with Gasteiger partial charge in [-0.2, -0.15) is 0 Å². The third kappa shape index (κ3) is 6.34. The average molecular weight is 521 g/mol. The number of aromatic nitrogens is 1. The molecule has 1 aliphatic heterocycles. The standard InChI is InChI=1S/C28H25ClN2O6/c1-28(2,3)37-23(32)12-9-18-5-4-6-22-25(18)21(15-31(22)14-17-7-10-19(29)11-8-17)26(34)27(35)30-20-13-24(33)36-16-20/h4-13,15H,14,16H2,1-3H3,(H,30,35)/b12-9+. The number of cyclic esters (lactones) is 1. The van der Waals surface area contributed by atoms with Crippen LogP contribution in [0.4, 0.5) is 0 Å². The summed E-state index contributed by atoms with van der Waals surface area (Å²) < 4.78 is 12.0. The van der Waals surface area contributed by atoms with Gasteiger partial charge in [0.15, 0.2) is 0 Å². The molecule has 0 radical (unpaired) electrons. The summed E-state index contributed by atoms with van der Waals surface area (Å²) in [6.07, 6.45) is 5.58. The molecule has 4 rings (SSSR count). The van der Waals surface area contributed by atoms with E-state index in [-0.39, 0.29) is 17.9 Å². The predicted octanol–water partition coefficient (Wildman–Crippen LogP) is 4.44. The maximum Gasteiger partial charge on any atom is 0.333 e. The summed E-state index contributed by atoms with van der Waals surface area (Å²) in [5.41, 5.74) is 1.89. The molecule has 0 spiro atoms. The Morgan fingerprint density at radius 3 is 2.51 bits per heavy atom. The van der Waals surface area contributed by atoms with E-state index in [1.165, 1.54) is 6.08 Å². The average Bonchev–Trinajstić information content (AvgIpc) is 3.41. The number of nitrogens with one attached hydrogen (secondary N) is 1. The van der Waals surface area contributed by atoms with E-state index in [0.29, 0.717) is 28.0 Å². The Morgan fingerprint density at radius 1 is 1.14 bits per heavy atom. The van der Waals surface area contributed by atoms with Crippen LogP contribution in [0, 0.1) is 0 Å². The van der Waals surface area contributed by atoms with Crippen LogP contribution in [0.5, 0.6) is 0 Å². The van der Waals surface area contributed by atoms with Crippen molar-refractivity contribution in [1.29, 1.82) is 0 Å². The van der Waals surface area contributed by atoms with Crippen LogP contribution >= 0.6 is 11.6 Å². The van der Waals surface area contributed by atoms with Gasteiger partial charge in [-0.05, 0) is 56.2 Å². The Labute approximate surface area is 218 Å². The van der Waals surface area contributed by atoms with Gasteiger partial charge >= 0.3 is 11.9 Å². The molecule has 8 nitrogen and oxygen atoms in total. The highest BCUT2D eigenvalue weighted by atomic mass is 35.5. The number of benzene rings is 2. The number of ketones is 1. The van der Waals surface area contributed by atoms with E-state index in [2.05, 4.69) is 5.32 Å². The maximum absolute atomic E-state index is 13.3. The molecule has 1 N–H and O–H groups in total. The molecule has 37 heavy (non-hydrogen) atoms. The van der Waals surface area contributed by atoms with Gasteiger partial charge in [0.1, 0.15) is 12.2 Å². The number of hydrogen-bond acceptors (Lipinski definition) is 6. The molecular weight excluding hydrogens is 496 g/mol. The van der Waals surface area contributed by atoms with Gasteiger partial charge in [-0.25, -0.2) is 9.59 Å². The Kier molecular flexibility index (Phi) is 7.31. The van der Waals surface area contributed by atoms with Crippen molar-refractivity contribution in [2.24, 2.45) is 0 Å². The van der Waals surface area contributed by atoms with E-state index >= 15 is 0 Å². The normalized spacial score (nSPS) is 13.5. The van der Waals surface area contributed by atoms with Crippen LogP contribution in [0.25, 0.3) is 17.0 Å². The fourth-order valence-electron chi connectivity index (χ4n) is 3.87. The predicted molar refractivity (Wildman–Crippen MR) is 139 cm³/mol. The molecule has 9 heteroatoms. The number of hydrogen-bond donors (Lipinski definition) is 1. The Bertz CT molecular complexity index is 1460. The number of Topliss-reactive ketones (excluding diaryl/α,β-unsaturated/α-hetero) is 1. The Hall–Kier alpha value is -4.17. The number of carbonyl (C=O) groups is 4. The van der Waals surface area contributed by atoms with E-state index in [1.54, 1.807) is 57.3 Å². The fraction of sp³-hybridized carbons (Fsp3) is 0.214. The van der Waals surface area contributed by atoms with Crippen LogP contribution < -0.4 is 5.32 Å². The minimum atomic E-state index is -0.902. The number of nitrogens with zero attached hydrogens (tertiary/aromatic N) is 1. The Morgan fingerprint density at radius 2 is 1.86 bits per heavy atom. The number of fused-ring (bicyclic) bond motifs is 1. The van der Waals surface area contributed by atoms with E-state index < -0.39 is 29.2 Å².